The number of methoxy groups -OCH3 is 1. The summed E-state index contributed by atoms with van der Waals surface area (Å²) >= 11 is 0. The molecule has 0 bridgehead atoms. The molecule has 0 spiro atoms. The number of aryl methyl sites for hydroxylation is 2. The van der Waals surface area contributed by atoms with E-state index in [2.05, 4.69) is 50.5 Å². The molecule has 0 N–H and O–H groups in total. The summed E-state index contributed by atoms with van der Waals surface area (Å²) in [6, 6.07) is 4.49. The van der Waals surface area contributed by atoms with Crippen LogP contribution in [0, 0.1) is 25.2 Å². The summed E-state index contributed by atoms with van der Waals surface area (Å²) in [6.45, 7) is 12.4. The molecule has 1 aliphatic carbocycles. The molecule has 2 atom stereocenters. The van der Waals surface area contributed by atoms with Crippen LogP contribution in [-0.2, 0) is 9.53 Å². The topological polar surface area (TPSA) is 31.2 Å². The van der Waals surface area contributed by atoms with Gasteiger partial charge in [-0.05, 0) is 38.3 Å². The van der Waals surface area contributed by atoms with Crippen molar-refractivity contribution >= 4 is 5.97 Å². The molecule has 0 aliphatic heterocycles. The smallest absolute Gasteiger partial charge is 0.316 e. The predicted molar refractivity (Wildman–Crippen MR) is 87.3 cm³/mol. The number of hydrogen-bond donors (Lipinski definition) is 0. The highest BCUT2D eigenvalue weighted by Crippen LogP contribution is 2.45. The van der Waals surface area contributed by atoms with E-state index in [1.54, 1.807) is 0 Å². The summed E-state index contributed by atoms with van der Waals surface area (Å²) in [5.74, 6) is 0.112. The summed E-state index contributed by atoms with van der Waals surface area (Å²) in [5.41, 5.74) is 1.98. The average Bonchev–Trinajstić information content (AvgIpc) is 3.05. The van der Waals surface area contributed by atoms with Crippen molar-refractivity contribution < 1.29 is 9.53 Å². The first-order valence-corrected chi connectivity index (χ1v) is 7.84. The van der Waals surface area contributed by atoms with E-state index in [9.17, 15) is 4.79 Å². The Labute approximate surface area is 129 Å². The SMILES string of the molecule is CC.COC(=O)C1(C(C)C)C=CC(n2c(C)ccc2C)C1. The number of rotatable bonds is 3. The Kier molecular flexibility index (Phi) is 5.82. The van der Waals surface area contributed by atoms with Gasteiger partial charge in [0.2, 0.25) is 0 Å². The fraction of sp³-hybridized carbons (Fsp3) is 0.611. The summed E-state index contributed by atoms with van der Waals surface area (Å²) in [4.78, 5) is 12.2. The van der Waals surface area contributed by atoms with Crippen molar-refractivity contribution in [3.05, 3.63) is 35.7 Å². The van der Waals surface area contributed by atoms with Gasteiger partial charge >= 0.3 is 5.97 Å². The maximum absolute atomic E-state index is 12.2. The van der Waals surface area contributed by atoms with Crippen molar-refractivity contribution in [3.8, 4) is 0 Å². The van der Waals surface area contributed by atoms with Crippen molar-refractivity contribution in [2.45, 2.75) is 54.0 Å². The van der Waals surface area contributed by atoms with Gasteiger partial charge in [-0.1, -0.05) is 39.8 Å². The highest BCUT2D eigenvalue weighted by molar-refractivity contribution is 5.80. The van der Waals surface area contributed by atoms with E-state index < -0.39 is 5.41 Å². The fourth-order valence-corrected chi connectivity index (χ4v) is 3.15. The first kappa shape index (κ1) is 17.5. The molecule has 0 amide bonds. The van der Waals surface area contributed by atoms with Crippen LogP contribution in [0.5, 0.6) is 0 Å². The van der Waals surface area contributed by atoms with Gasteiger partial charge in [0.05, 0.1) is 18.6 Å². The van der Waals surface area contributed by atoms with Gasteiger partial charge in [-0.25, -0.2) is 0 Å². The van der Waals surface area contributed by atoms with Gasteiger partial charge in [-0.3, -0.25) is 4.79 Å². The van der Waals surface area contributed by atoms with Crippen LogP contribution >= 0.6 is 0 Å². The van der Waals surface area contributed by atoms with E-state index in [1.807, 2.05) is 19.9 Å². The minimum absolute atomic E-state index is 0.122. The Morgan fingerprint density at radius 1 is 1.29 bits per heavy atom. The molecule has 2 unspecified atom stereocenters. The second-order valence-electron chi connectivity index (χ2n) is 5.80. The van der Waals surface area contributed by atoms with E-state index in [0.29, 0.717) is 0 Å². The molecular formula is C18H29NO2. The first-order chi connectivity index (χ1) is 9.92. The standard InChI is InChI=1S/C16H23NO2.C2H6/c1-11(2)16(15(18)19-5)9-8-14(10-16)17-12(3)6-7-13(17)4;1-2/h6-9,11,14H,10H2,1-5H3;1-2H3. The predicted octanol–water partition coefficient (Wildman–Crippen LogP) is 4.45. The molecular weight excluding hydrogens is 262 g/mol. The van der Waals surface area contributed by atoms with E-state index in [0.717, 1.165) is 6.42 Å². The maximum atomic E-state index is 12.2. The number of carbonyl (C=O) groups is 1. The molecule has 2 rings (SSSR count). The largest absolute Gasteiger partial charge is 0.468 e. The third-order valence-electron chi connectivity index (χ3n) is 4.42. The van der Waals surface area contributed by atoms with Crippen molar-refractivity contribution in [1.29, 1.82) is 0 Å². The van der Waals surface area contributed by atoms with Crippen molar-refractivity contribution in [3.63, 3.8) is 0 Å². The lowest BCUT2D eigenvalue weighted by molar-refractivity contribution is -0.152. The fourth-order valence-electron chi connectivity index (χ4n) is 3.15. The average molecular weight is 291 g/mol. The minimum Gasteiger partial charge on any atom is -0.468 e. The molecule has 118 valence electrons. The maximum Gasteiger partial charge on any atom is 0.316 e. The molecule has 0 aromatic carbocycles. The van der Waals surface area contributed by atoms with Gasteiger partial charge in [0.15, 0.2) is 0 Å². The zero-order chi connectivity index (χ0) is 16.2. The molecule has 0 saturated heterocycles. The molecule has 3 nitrogen and oxygen atoms in total. The van der Waals surface area contributed by atoms with Gasteiger partial charge < -0.3 is 9.30 Å². The van der Waals surface area contributed by atoms with Crippen molar-refractivity contribution in [2.24, 2.45) is 11.3 Å². The molecule has 1 aromatic heterocycles. The van der Waals surface area contributed by atoms with Crippen LogP contribution in [0.2, 0.25) is 0 Å². The highest BCUT2D eigenvalue weighted by atomic mass is 16.5. The molecule has 1 aromatic rings. The van der Waals surface area contributed by atoms with Gasteiger partial charge in [-0.15, -0.1) is 0 Å². The highest BCUT2D eigenvalue weighted by Gasteiger charge is 2.45. The Morgan fingerprint density at radius 2 is 1.81 bits per heavy atom. The summed E-state index contributed by atoms with van der Waals surface area (Å²) < 4.78 is 7.32. The number of nitrogens with zero attached hydrogens (tertiary/aromatic N) is 1. The molecule has 0 saturated carbocycles. The van der Waals surface area contributed by atoms with Gasteiger partial charge in [-0.2, -0.15) is 0 Å². The molecule has 3 heteroatoms. The van der Waals surface area contributed by atoms with Crippen molar-refractivity contribution in [2.75, 3.05) is 7.11 Å². The first-order valence-electron chi connectivity index (χ1n) is 7.84. The van der Waals surface area contributed by atoms with Gasteiger partial charge in [0.1, 0.15) is 0 Å². The number of aromatic nitrogens is 1. The van der Waals surface area contributed by atoms with Crippen LogP contribution in [0.4, 0.5) is 0 Å². The number of esters is 1. The van der Waals surface area contributed by atoms with Gasteiger partial charge in [0, 0.05) is 11.4 Å². The third kappa shape index (κ3) is 3.07. The Bertz CT molecular complexity index is 494. The molecule has 0 fully saturated rings. The third-order valence-corrected chi connectivity index (χ3v) is 4.42. The normalized spacial score (nSPS) is 23.9. The Hall–Kier alpha value is -1.51. The summed E-state index contributed by atoms with van der Waals surface area (Å²) in [5, 5.41) is 0. The Morgan fingerprint density at radius 3 is 2.24 bits per heavy atom. The van der Waals surface area contributed by atoms with Crippen LogP contribution in [0.3, 0.4) is 0 Å². The van der Waals surface area contributed by atoms with Crippen LogP contribution in [-0.4, -0.2) is 17.6 Å². The molecule has 21 heavy (non-hydrogen) atoms. The van der Waals surface area contributed by atoms with Crippen LogP contribution < -0.4 is 0 Å². The number of ether oxygens (including phenoxy) is 1. The van der Waals surface area contributed by atoms with E-state index in [4.69, 9.17) is 4.74 Å². The molecule has 1 aliphatic rings. The van der Waals surface area contributed by atoms with E-state index in [-0.39, 0.29) is 17.9 Å². The number of allylic oxidation sites excluding steroid dienone is 1. The molecule has 0 radical (unpaired) electrons. The lowest BCUT2D eigenvalue weighted by atomic mass is 9.76. The quantitative estimate of drug-likeness (QED) is 0.608. The number of hydrogen-bond acceptors (Lipinski definition) is 2. The number of carbonyl (C=O) groups excluding carboxylic acids is 1. The Balaban J connectivity index is 0.00000106. The monoisotopic (exact) mass is 291 g/mol. The van der Waals surface area contributed by atoms with Crippen LogP contribution in [0.25, 0.3) is 0 Å². The minimum atomic E-state index is -0.484. The second-order valence-corrected chi connectivity index (χ2v) is 5.80. The molecule has 1 heterocycles. The van der Waals surface area contributed by atoms with Crippen LogP contribution in [0.1, 0.15) is 51.5 Å². The second kappa shape index (κ2) is 6.97. The lowest BCUT2D eigenvalue weighted by Gasteiger charge is -2.30. The zero-order valence-corrected chi connectivity index (χ0v) is 14.4. The zero-order valence-electron chi connectivity index (χ0n) is 14.4. The van der Waals surface area contributed by atoms with E-state index >= 15 is 0 Å². The van der Waals surface area contributed by atoms with E-state index in [1.165, 1.54) is 18.5 Å². The summed E-state index contributed by atoms with van der Waals surface area (Å²) in [6.07, 6.45) is 4.98. The lowest BCUT2D eigenvalue weighted by Crippen LogP contribution is -2.35. The van der Waals surface area contributed by atoms with Crippen LogP contribution in [0.15, 0.2) is 24.3 Å². The van der Waals surface area contributed by atoms with Crippen molar-refractivity contribution in [1.82, 2.24) is 4.57 Å². The summed E-state index contributed by atoms with van der Waals surface area (Å²) in [7, 11) is 1.47. The van der Waals surface area contributed by atoms with Gasteiger partial charge in [0.25, 0.3) is 0 Å².